The van der Waals surface area contributed by atoms with Crippen LogP contribution < -0.4 is 4.18 Å². The number of nitro benzene ring substituents is 1. The molecule has 0 atom stereocenters. The topological polar surface area (TPSA) is 86.5 Å². The van der Waals surface area contributed by atoms with Gasteiger partial charge in [-0.15, -0.1) is 0 Å². The zero-order valence-corrected chi connectivity index (χ0v) is 9.91. The van der Waals surface area contributed by atoms with E-state index in [4.69, 9.17) is 0 Å². The standard InChI is InChI=1S/C7H6BrNO5S/c1-15(12,13)14-7-5(8)3-2-4-6(7)9(10)11/h2-4H,1H3. The number of benzene rings is 1. The lowest BCUT2D eigenvalue weighted by Crippen LogP contribution is -2.07. The molecule has 0 radical (unpaired) electrons. The average molecular weight is 296 g/mol. The lowest BCUT2D eigenvalue weighted by Gasteiger charge is -2.05. The summed E-state index contributed by atoms with van der Waals surface area (Å²) in [5, 5.41) is 10.6. The Bertz CT molecular complexity index is 498. The van der Waals surface area contributed by atoms with Crippen molar-refractivity contribution in [3.63, 3.8) is 0 Å². The van der Waals surface area contributed by atoms with Gasteiger partial charge in [-0.1, -0.05) is 6.07 Å². The summed E-state index contributed by atoms with van der Waals surface area (Å²) in [7, 11) is -3.79. The Kier molecular flexibility index (Phi) is 3.30. The summed E-state index contributed by atoms with van der Waals surface area (Å²) >= 11 is 2.97. The molecule has 0 amide bonds. The molecule has 0 saturated heterocycles. The Morgan fingerprint density at radius 3 is 2.53 bits per heavy atom. The van der Waals surface area contributed by atoms with Gasteiger partial charge in [0.25, 0.3) is 0 Å². The molecule has 8 heteroatoms. The maximum Gasteiger partial charge on any atom is 0.313 e. The summed E-state index contributed by atoms with van der Waals surface area (Å²) in [4.78, 5) is 9.85. The molecule has 82 valence electrons. The molecule has 0 heterocycles. The van der Waals surface area contributed by atoms with Gasteiger partial charge in [-0.05, 0) is 22.0 Å². The van der Waals surface area contributed by atoms with E-state index < -0.39 is 20.7 Å². The van der Waals surface area contributed by atoms with Crippen LogP contribution in [0.25, 0.3) is 0 Å². The summed E-state index contributed by atoms with van der Waals surface area (Å²) in [5.74, 6) is -0.315. The molecule has 0 unspecified atom stereocenters. The molecule has 6 nitrogen and oxygen atoms in total. The van der Waals surface area contributed by atoms with Crippen molar-refractivity contribution in [2.75, 3.05) is 6.26 Å². The summed E-state index contributed by atoms with van der Waals surface area (Å²) < 4.78 is 26.4. The van der Waals surface area contributed by atoms with Crippen molar-refractivity contribution in [3.8, 4) is 5.75 Å². The smallest absolute Gasteiger partial charge is 0.313 e. The van der Waals surface area contributed by atoms with Crippen LogP contribution >= 0.6 is 15.9 Å². The molecule has 0 aliphatic heterocycles. The second-order valence-electron chi connectivity index (χ2n) is 2.63. The van der Waals surface area contributed by atoms with E-state index in [1.54, 1.807) is 0 Å². The molecule has 15 heavy (non-hydrogen) atoms. The Labute approximate surface area is 94.3 Å². The molecule has 0 aromatic heterocycles. The highest BCUT2D eigenvalue weighted by atomic mass is 79.9. The van der Waals surface area contributed by atoms with Gasteiger partial charge >= 0.3 is 15.8 Å². The van der Waals surface area contributed by atoms with Crippen molar-refractivity contribution in [1.82, 2.24) is 0 Å². The number of nitro groups is 1. The Morgan fingerprint density at radius 1 is 1.47 bits per heavy atom. The van der Waals surface area contributed by atoms with Crippen LogP contribution in [0.15, 0.2) is 22.7 Å². The second kappa shape index (κ2) is 4.15. The highest BCUT2D eigenvalue weighted by Gasteiger charge is 2.21. The quantitative estimate of drug-likeness (QED) is 0.481. The number of para-hydroxylation sites is 1. The van der Waals surface area contributed by atoms with Gasteiger partial charge in [-0.2, -0.15) is 8.42 Å². The zero-order valence-electron chi connectivity index (χ0n) is 7.51. The first-order chi connectivity index (χ1) is 6.81. The van der Waals surface area contributed by atoms with E-state index in [1.807, 2.05) is 0 Å². The fourth-order valence-corrected chi connectivity index (χ4v) is 1.90. The van der Waals surface area contributed by atoms with E-state index in [-0.39, 0.29) is 10.2 Å². The van der Waals surface area contributed by atoms with Crippen molar-refractivity contribution in [1.29, 1.82) is 0 Å². The van der Waals surface area contributed by atoms with E-state index in [9.17, 15) is 18.5 Å². The van der Waals surface area contributed by atoms with Crippen molar-refractivity contribution in [2.24, 2.45) is 0 Å². The van der Waals surface area contributed by atoms with Crippen molar-refractivity contribution in [2.45, 2.75) is 0 Å². The minimum atomic E-state index is -3.79. The maximum atomic E-state index is 10.9. The van der Waals surface area contributed by atoms with E-state index in [0.717, 1.165) is 12.3 Å². The summed E-state index contributed by atoms with van der Waals surface area (Å²) in [5.41, 5.74) is -0.408. The van der Waals surface area contributed by atoms with E-state index >= 15 is 0 Å². The fourth-order valence-electron chi connectivity index (χ4n) is 0.875. The molecule has 1 aromatic carbocycles. The third kappa shape index (κ3) is 3.17. The largest absolute Gasteiger partial charge is 0.374 e. The Hall–Kier alpha value is -1.15. The third-order valence-electron chi connectivity index (χ3n) is 1.38. The minimum absolute atomic E-state index is 0.210. The predicted molar refractivity (Wildman–Crippen MR) is 56.3 cm³/mol. The van der Waals surface area contributed by atoms with Gasteiger partial charge in [0.2, 0.25) is 5.75 Å². The average Bonchev–Trinajstić information content (AvgIpc) is 2.05. The lowest BCUT2D eigenvalue weighted by atomic mass is 10.3. The van der Waals surface area contributed by atoms with E-state index in [0.29, 0.717) is 0 Å². The van der Waals surface area contributed by atoms with Crippen LogP contribution in [-0.4, -0.2) is 19.6 Å². The molecule has 0 aliphatic carbocycles. The molecule has 0 N–H and O–H groups in total. The van der Waals surface area contributed by atoms with Gasteiger partial charge in [-0.25, -0.2) is 0 Å². The summed E-state index contributed by atoms with van der Waals surface area (Å²) in [6, 6.07) is 4.02. The highest BCUT2D eigenvalue weighted by molar-refractivity contribution is 9.10. The molecule has 0 bridgehead atoms. The van der Waals surface area contributed by atoms with Gasteiger partial charge < -0.3 is 4.18 Å². The van der Waals surface area contributed by atoms with Crippen LogP contribution in [0.5, 0.6) is 5.75 Å². The van der Waals surface area contributed by atoms with E-state index in [1.165, 1.54) is 12.1 Å². The third-order valence-corrected chi connectivity index (χ3v) is 2.47. The Morgan fingerprint density at radius 2 is 2.07 bits per heavy atom. The molecule has 1 aromatic rings. The van der Waals surface area contributed by atoms with Gasteiger partial charge in [0, 0.05) is 6.07 Å². The SMILES string of the molecule is CS(=O)(=O)Oc1c(Br)cccc1[N+](=O)[O-]. The lowest BCUT2D eigenvalue weighted by molar-refractivity contribution is -0.385. The molecule has 0 saturated carbocycles. The summed E-state index contributed by atoms with van der Waals surface area (Å²) in [6.07, 6.45) is 0.816. The van der Waals surface area contributed by atoms with Gasteiger partial charge in [0.05, 0.1) is 15.7 Å². The number of halogens is 1. The van der Waals surface area contributed by atoms with Crippen molar-refractivity contribution >= 4 is 31.7 Å². The number of hydrogen-bond acceptors (Lipinski definition) is 5. The first kappa shape index (κ1) is 11.9. The monoisotopic (exact) mass is 295 g/mol. The van der Waals surface area contributed by atoms with Gasteiger partial charge in [0.1, 0.15) is 0 Å². The van der Waals surface area contributed by atoms with Crippen LogP contribution in [0.1, 0.15) is 0 Å². The highest BCUT2D eigenvalue weighted by Crippen LogP contribution is 2.35. The second-order valence-corrected chi connectivity index (χ2v) is 5.06. The minimum Gasteiger partial charge on any atom is -0.374 e. The summed E-state index contributed by atoms with van der Waals surface area (Å²) in [6.45, 7) is 0. The van der Waals surface area contributed by atoms with Crippen LogP contribution in [0.2, 0.25) is 0 Å². The van der Waals surface area contributed by atoms with Gasteiger partial charge in [0.15, 0.2) is 0 Å². The first-order valence-corrected chi connectivity index (χ1v) is 6.24. The van der Waals surface area contributed by atoms with Crippen LogP contribution in [0.3, 0.4) is 0 Å². The van der Waals surface area contributed by atoms with Gasteiger partial charge in [-0.3, -0.25) is 10.1 Å². The Balaban J connectivity index is 3.32. The van der Waals surface area contributed by atoms with Crippen LogP contribution in [0, 0.1) is 10.1 Å². The molecule has 1 rings (SSSR count). The number of nitrogens with zero attached hydrogens (tertiary/aromatic N) is 1. The predicted octanol–water partition coefficient (Wildman–Crippen LogP) is 1.70. The first-order valence-electron chi connectivity index (χ1n) is 3.63. The van der Waals surface area contributed by atoms with Crippen LogP contribution in [-0.2, 0) is 10.1 Å². The number of hydrogen-bond donors (Lipinski definition) is 0. The normalized spacial score (nSPS) is 11.1. The number of rotatable bonds is 3. The molecule has 0 fully saturated rings. The molecule has 0 spiro atoms. The molecular weight excluding hydrogens is 290 g/mol. The van der Waals surface area contributed by atoms with E-state index in [2.05, 4.69) is 20.1 Å². The van der Waals surface area contributed by atoms with Crippen molar-refractivity contribution in [3.05, 3.63) is 32.8 Å². The van der Waals surface area contributed by atoms with Crippen LogP contribution in [0.4, 0.5) is 5.69 Å². The molecule has 0 aliphatic rings. The zero-order chi connectivity index (χ0) is 11.6. The fraction of sp³-hybridized carbons (Fsp3) is 0.143. The van der Waals surface area contributed by atoms with Crippen molar-refractivity contribution < 1.29 is 17.5 Å². The molecular formula is C7H6BrNO5S. The maximum absolute atomic E-state index is 10.9.